The van der Waals surface area contributed by atoms with Gasteiger partial charge in [-0.1, -0.05) is 6.58 Å². The molecule has 0 heterocycles. The zero-order valence-electron chi connectivity index (χ0n) is 10.3. The Labute approximate surface area is 102 Å². The van der Waals surface area contributed by atoms with Gasteiger partial charge in [0.15, 0.2) is 0 Å². The summed E-state index contributed by atoms with van der Waals surface area (Å²) >= 11 is 0. The maximum atomic E-state index is 11.3. The molecule has 0 aliphatic heterocycles. The summed E-state index contributed by atoms with van der Waals surface area (Å²) in [6.45, 7) is 3.46. The number of rotatable bonds is 3. The lowest BCUT2D eigenvalue weighted by Crippen LogP contribution is -2.36. The molecule has 0 amide bonds. The van der Waals surface area contributed by atoms with Crippen molar-refractivity contribution in [2.75, 3.05) is 7.11 Å². The van der Waals surface area contributed by atoms with E-state index < -0.39 is 0 Å². The van der Waals surface area contributed by atoms with E-state index in [4.69, 9.17) is 9.47 Å². The molecule has 17 heavy (non-hydrogen) atoms. The second-order valence-electron chi connectivity index (χ2n) is 5.67. The molecule has 0 radical (unpaired) electrons. The van der Waals surface area contributed by atoms with Gasteiger partial charge in [0.2, 0.25) is 0 Å². The third kappa shape index (κ3) is 1.63. The van der Waals surface area contributed by atoms with Crippen LogP contribution in [0.5, 0.6) is 0 Å². The van der Waals surface area contributed by atoms with Gasteiger partial charge in [0.05, 0.1) is 6.10 Å². The molecule has 6 atom stereocenters. The predicted molar refractivity (Wildman–Crippen MR) is 63.3 cm³/mol. The lowest BCUT2D eigenvalue weighted by Gasteiger charge is -2.33. The molecular formula is C14H20O3. The summed E-state index contributed by atoms with van der Waals surface area (Å²) in [6.07, 6.45) is 6.54. The van der Waals surface area contributed by atoms with E-state index in [1.165, 1.54) is 25.3 Å². The van der Waals surface area contributed by atoms with E-state index >= 15 is 0 Å². The molecule has 3 heteroatoms. The molecule has 3 rings (SSSR count). The van der Waals surface area contributed by atoms with Crippen LogP contribution < -0.4 is 0 Å². The van der Waals surface area contributed by atoms with Gasteiger partial charge in [-0.3, -0.25) is 0 Å². The summed E-state index contributed by atoms with van der Waals surface area (Å²) in [4.78, 5) is 11.3. The van der Waals surface area contributed by atoms with Gasteiger partial charge in [0.25, 0.3) is 0 Å². The number of methoxy groups -OCH3 is 1. The van der Waals surface area contributed by atoms with Crippen LogP contribution in [0.1, 0.15) is 25.7 Å². The SMILES string of the molecule is C=CC(=O)OC1CC2CC1C1C(OC)CCC21. The predicted octanol–water partition coefficient (Wildman–Crippen LogP) is 2.17. The van der Waals surface area contributed by atoms with Gasteiger partial charge >= 0.3 is 5.97 Å². The van der Waals surface area contributed by atoms with Gasteiger partial charge < -0.3 is 9.47 Å². The lowest BCUT2D eigenvalue weighted by atomic mass is 9.79. The van der Waals surface area contributed by atoms with E-state index in [9.17, 15) is 4.79 Å². The monoisotopic (exact) mass is 236 g/mol. The molecule has 6 unspecified atom stereocenters. The van der Waals surface area contributed by atoms with Gasteiger partial charge in [-0.15, -0.1) is 0 Å². The second kappa shape index (κ2) is 4.13. The van der Waals surface area contributed by atoms with Gasteiger partial charge in [-0.25, -0.2) is 4.79 Å². The van der Waals surface area contributed by atoms with E-state index in [0.717, 1.165) is 18.3 Å². The van der Waals surface area contributed by atoms with Crippen LogP contribution in [0.2, 0.25) is 0 Å². The van der Waals surface area contributed by atoms with Gasteiger partial charge in [-0.2, -0.15) is 0 Å². The van der Waals surface area contributed by atoms with Crippen molar-refractivity contribution < 1.29 is 14.3 Å². The first-order chi connectivity index (χ1) is 8.24. The molecule has 94 valence electrons. The Morgan fingerprint density at radius 3 is 2.76 bits per heavy atom. The Bertz CT molecular complexity index is 338. The van der Waals surface area contributed by atoms with Crippen LogP contribution in [-0.2, 0) is 14.3 Å². The number of carbonyl (C=O) groups is 1. The molecule has 0 N–H and O–H groups in total. The average Bonchev–Trinajstić information content (AvgIpc) is 2.98. The van der Waals surface area contributed by atoms with Crippen LogP contribution >= 0.6 is 0 Å². The van der Waals surface area contributed by atoms with Gasteiger partial charge in [0.1, 0.15) is 6.10 Å². The van der Waals surface area contributed by atoms with E-state index in [-0.39, 0.29) is 12.1 Å². The summed E-state index contributed by atoms with van der Waals surface area (Å²) in [7, 11) is 1.81. The topological polar surface area (TPSA) is 35.5 Å². The Morgan fingerprint density at radius 1 is 1.24 bits per heavy atom. The summed E-state index contributed by atoms with van der Waals surface area (Å²) in [5, 5.41) is 0. The molecule has 3 saturated carbocycles. The number of hydrogen-bond donors (Lipinski definition) is 0. The van der Waals surface area contributed by atoms with Crippen molar-refractivity contribution in [2.24, 2.45) is 23.7 Å². The summed E-state index contributed by atoms with van der Waals surface area (Å²) in [6, 6.07) is 0. The van der Waals surface area contributed by atoms with Crippen molar-refractivity contribution in [1.82, 2.24) is 0 Å². The summed E-state index contributed by atoms with van der Waals surface area (Å²) < 4.78 is 11.1. The normalized spacial score (nSPS) is 46.9. The molecule has 0 spiro atoms. The minimum Gasteiger partial charge on any atom is -0.459 e. The number of esters is 1. The Kier molecular flexibility index (Phi) is 2.74. The average molecular weight is 236 g/mol. The van der Waals surface area contributed by atoms with Crippen LogP contribution in [0, 0.1) is 23.7 Å². The fourth-order valence-corrected chi connectivity index (χ4v) is 4.59. The van der Waals surface area contributed by atoms with Gasteiger partial charge in [-0.05, 0) is 43.4 Å². The number of ether oxygens (including phenoxy) is 2. The largest absolute Gasteiger partial charge is 0.459 e. The molecule has 3 aliphatic carbocycles. The Balaban J connectivity index is 1.73. The van der Waals surface area contributed by atoms with Crippen molar-refractivity contribution in [3.63, 3.8) is 0 Å². The molecule has 0 saturated heterocycles. The quantitative estimate of drug-likeness (QED) is 0.556. The minimum atomic E-state index is -0.272. The molecule has 3 fully saturated rings. The molecule has 3 aliphatic rings. The lowest BCUT2D eigenvalue weighted by molar-refractivity contribution is -0.148. The first kappa shape index (κ1) is 11.3. The van der Waals surface area contributed by atoms with Crippen molar-refractivity contribution >= 4 is 5.97 Å². The van der Waals surface area contributed by atoms with Crippen molar-refractivity contribution in [2.45, 2.75) is 37.9 Å². The van der Waals surface area contributed by atoms with E-state index in [2.05, 4.69) is 6.58 Å². The van der Waals surface area contributed by atoms with Crippen LogP contribution in [-0.4, -0.2) is 25.3 Å². The number of carbonyl (C=O) groups excluding carboxylic acids is 1. The van der Waals surface area contributed by atoms with Crippen molar-refractivity contribution in [3.8, 4) is 0 Å². The van der Waals surface area contributed by atoms with Crippen LogP contribution in [0.15, 0.2) is 12.7 Å². The Hall–Kier alpha value is -0.830. The van der Waals surface area contributed by atoms with Gasteiger partial charge in [0, 0.05) is 19.1 Å². The molecule has 2 bridgehead atoms. The molecule has 0 aromatic heterocycles. The first-order valence-corrected chi connectivity index (χ1v) is 6.60. The highest BCUT2D eigenvalue weighted by Gasteiger charge is 2.58. The fraction of sp³-hybridized carbons (Fsp3) is 0.786. The Morgan fingerprint density at radius 2 is 2.06 bits per heavy atom. The van der Waals surface area contributed by atoms with E-state index in [1.807, 2.05) is 7.11 Å². The summed E-state index contributed by atoms with van der Waals surface area (Å²) in [5.74, 6) is 2.46. The van der Waals surface area contributed by atoms with Crippen LogP contribution in [0.25, 0.3) is 0 Å². The highest BCUT2D eigenvalue weighted by Crippen LogP contribution is 2.59. The molecule has 0 aromatic carbocycles. The molecular weight excluding hydrogens is 216 g/mol. The highest BCUT2D eigenvalue weighted by atomic mass is 16.5. The van der Waals surface area contributed by atoms with E-state index in [1.54, 1.807) is 0 Å². The summed E-state index contributed by atoms with van der Waals surface area (Å²) in [5.41, 5.74) is 0. The zero-order valence-corrected chi connectivity index (χ0v) is 10.3. The zero-order chi connectivity index (χ0) is 12.0. The maximum absolute atomic E-state index is 11.3. The van der Waals surface area contributed by atoms with Crippen molar-refractivity contribution in [3.05, 3.63) is 12.7 Å². The van der Waals surface area contributed by atoms with Crippen LogP contribution in [0.4, 0.5) is 0 Å². The number of hydrogen-bond acceptors (Lipinski definition) is 3. The minimum absolute atomic E-state index is 0.113. The van der Waals surface area contributed by atoms with E-state index in [0.29, 0.717) is 17.9 Å². The third-order valence-corrected chi connectivity index (χ3v) is 5.13. The molecule has 3 nitrogen and oxygen atoms in total. The third-order valence-electron chi connectivity index (χ3n) is 5.13. The fourth-order valence-electron chi connectivity index (χ4n) is 4.59. The molecule has 0 aromatic rings. The maximum Gasteiger partial charge on any atom is 0.330 e. The number of fused-ring (bicyclic) bond motifs is 5. The highest BCUT2D eigenvalue weighted by molar-refractivity contribution is 5.81. The first-order valence-electron chi connectivity index (χ1n) is 6.60. The van der Waals surface area contributed by atoms with Crippen molar-refractivity contribution in [1.29, 1.82) is 0 Å². The second-order valence-corrected chi connectivity index (χ2v) is 5.67. The smallest absolute Gasteiger partial charge is 0.330 e. The standard InChI is InChI=1S/C14H20O3/c1-3-13(15)17-12-7-8-6-10(12)14-9(8)4-5-11(14)16-2/h3,8-12,14H,1,4-7H2,2H3. The van der Waals surface area contributed by atoms with Crippen LogP contribution in [0.3, 0.4) is 0 Å².